The third kappa shape index (κ3) is 2.76. The summed E-state index contributed by atoms with van der Waals surface area (Å²) in [6.07, 6.45) is -4.50. The van der Waals surface area contributed by atoms with Gasteiger partial charge in [0.05, 0.1) is 5.56 Å². The molecule has 108 valence electrons. The summed E-state index contributed by atoms with van der Waals surface area (Å²) in [5.41, 5.74) is -0.946. The second kappa shape index (κ2) is 5.15. The van der Waals surface area contributed by atoms with Gasteiger partial charge in [-0.25, -0.2) is 0 Å². The van der Waals surface area contributed by atoms with Crippen molar-refractivity contribution in [2.24, 2.45) is 0 Å². The lowest BCUT2D eigenvalue weighted by Gasteiger charge is -2.33. The van der Waals surface area contributed by atoms with Crippen LogP contribution in [0.3, 0.4) is 0 Å². The number of carbonyl (C=O) groups excluding carboxylic acids is 2. The standard InChI is InChI=1S/C13H13F3N2O2/c1-8-11(19)17-5-6-18(8)12(20)9-3-2-4-10(7-9)13(14,15)16/h2-4,7-8H,5-6H2,1H3,(H,17,19). The van der Waals surface area contributed by atoms with Crippen LogP contribution in [0, 0.1) is 0 Å². The maximum Gasteiger partial charge on any atom is 0.416 e. The largest absolute Gasteiger partial charge is 0.416 e. The number of hydrogen-bond acceptors (Lipinski definition) is 2. The molecule has 7 heteroatoms. The Morgan fingerprint density at radius 3 is 2.75 bits per heavy atom. The van der Waals surface area contributed by atoms with Crippen molar-refractivity contribution in [3.05, 3.63) is 35.4 Å². The average molecular weight is 286 g/mol. The fourth-order valence-corrected chi connectivity index (χ4v) is 2.05. The van der Waals surface area contributed by atoms with Crippen LogP contribution in [-0.4, -0.2) is 35.8 Å². The average Bonchev–Trinajstić information content (AvgIpc) is 2.40. The second-order valence-electron chi connectivity index (χ2n) is 4.54. The monoisotopic (exact) mass is 286 g/mol. The van der Waals surface area contributed by atoms with Crippen molar-refractivity contribution in [3.8, 4) is 0 Å². The van der Waals surface area contributed by atoms with Gasteiger partial charge in [-0.15, -0.1) is 0 Å². The maximum absolute atomic E-state index is 12.6. The van der Waals surface area contributed by atoms with Crippen LogP contribution in [0.15, 0.2) is 24.3 Å². The summed E-state index contributed by atoms with van der Waals surface area (Å²) in [6, 6.07) is 3.53. The molecule has 0 aromatic heterocycles. The van der Waals surface area contributed by atoms with Crippen LogP contribution in [0.2, 0.25) is 0 Å². The van der Waals surface area contributed by atoms with E-state index in [-0.39, 0.29) is 18.0 Å². The molecule has 1 aliphatic rings. The molecule has 20 heavy (non-hydrogen) atoms. The van der Waals surface area contributed by atoms with Crippen molar-refractivity contribution >= 4 is 11.8 Å². The molecule has 0 bridgehead atoms. The number of amides is 2. The van der Waals surface area contributed by atoms with Crippen LogP contribution in [0.5, 0.6) is 0 Å². The molecule has 1 heterocycles. The van der Waals surface area contributed by atoms with Crippen LogP contribution in [0.25, 0.3) is 0 Å². The van der Waals surface area contributed by atoms with Crippen molar-refractivity contribution in [3.63, 3.8) is 0 Å². The van der Waals surface area contributed by atoms with E-state index in [0.29, 0.717) is 6.54 Å². The molecule has 0 aliphatic carbocycles. The fourth-order valence-electron chi connectivity index (χ4n) is 2.05. The maximum atomic E-state index is 12.6. The van der Waals surface area contributed by atoms with Gasteiger partial charge >= 0.3 is 6.18 Å². The molecule has 1 aromatic rings. The molecule has 1 fully saturated rings. The molecule has 1 N–H and O–H groups in total. The van der Waals surface area contributed by atoms with Crippen molar-refractivity contribution in [2.75, 3.05) is 13.1 Å². The van der Waals surface area contributed by atoms with E-state index in [1.54, 1.807) is 6.92 Å². The number of nitrogens with zero attached hydrogens (tertiary/aromatic N) is 1. The molecule has 1 atom stereocenters. The molecule has 1 aromatic carbocycles. The Bertz CT molecular complexity index is 543. The summed E-state index contributed by atoms with van der Waals surface area (Å²) in [7, 11) is 0. The lowest BCUT2D eigenvalue weighted by molar-refractivity contribution is -0.137. The smallest absolute Gasteiger partial charge is 0.353 e. The molecule has 0 radical (unpaired) electrons. The number of nitrogens with one attached hydrogen (secondary N) is 1. The molecule has 0 saturated carbocycles. The molecule has 2 amide bonds. The summed E-state index contributed by atoms with van der Waals surface area (Å²) in [5, 5.41) is 2.59. The van der Waals surface area contributed by atoms with Crippen molar-refractivity contribution in [2.45, 2.75) is 19.1 Å². The van der Waals surface area contributed by atoms with E-state index in [2.05, 4.69) is 5.32 Å². The van der Waals surface area contributed by atoms with Crippen LogP contribution in [-0.2, 0) is 11.0 Å². The summed E-state index contributed by atoms with van der Waals surface area (Å²) >= 11 is 0. The van der Waals surface area contributed by atoms with E-state index in [4.69, 9.17) is 0 Å². The zero-order valence-electron chi connectivity index (χ0n) is 10.7. The van der Waals surface area contributed by atoms with Crippen molar-refractivity contribution in [1.82, 2.24) is 10.2 Å². The Labute approximate surface area is 113 Å². The van der Waals surface area contributed by atoms with E-state index in [0.717, 1.165) is 12.1 Å². The number of piperazine rings is 1. The first kappa shape index (κ1) is 14.4. The number of rotatable bonds is 1. The van der Waals surface area contributed by atoms with Crippen LogP contribution in [0.4, 0.5) is 13.2 Å². The highest BCUT2D eigenvalue weighted by atomic mass is 19.4. The van der Waals surface area contributed by atoms with E-state index in [9.17, 15) is 22.8 Å². The van der Waals surface area contributed by atoms with Gasteiger partial charge < -0.3 is 10.2 Å². The number of halogens is 3. The van der Waals surface area contributed by atoms with E-state index >= 15 is 0 Å². The molecule has 0 spiro atoms. The lowest BCUT2D eigenvalue weighted by atomic mass is 10.1. The van der Waals surface area contributed by atoms with Crippen LogP contribution in [0.1, 0.15) is 22.8 Å². The quantitative estimate of drug-likeness (QED) is 0.853. The summed E-state index contributed by atoms with van der Waals surface area (Å²) in [6.45, 7) is 2.12. The SMILES string of the molecule is CC1C(=O)NCCN1C(=O)c1cccc(C(F)(F)F)c1. The summed E-state index contributed by atoms with van der Waals surface area (Å²) in [5.74, 6) is -0.880. The Balaban J connectivity index is 2.27. The third-order valence-corrected chi connectivity index (χ3v) is 3.20. The van der Waals surface area contributed by atoms with Gasteiger partial charge in [0, 0.05) is 18.7 Å². The molecular weight excluding hydrogens is 273 g/mol. The third-order valence-electron chi connectivity index (χ3n) is 3.20. The predicted octanol–water partition coefficient (Wildman–Crippen LogP) is 1.67. The molecule has 1 aliphatic heterocycles. The van der Waals surface area contributed by atoms with Gasteiger partial charge in [0.1, 0.15) is 6.04 Å². The first-order valence-electron chi connectivity index (χ1n) is 6.06. The Kier molecular flexibility index (Phi) is 3.69. The van der Waals surface area contributed by atoms with E-state index in [1.165, 1.54) is 17.0 Å². The molecule has 1 unspecified atom stereocenters. The first-order valence-corrected chi connectivity index (χ1v) is 6.06. The normalized spacial score (nSPS) is 19.7. The zero-order valence-corrected chi connectivity index (χ0v) is 10.7. The Hall–Kier alpha value is -2.05. The van der Waals surface area contributed by atoms with Gasteiger partial charge in [0.15, 0.2) is 0 Å². The van der Waals surface area contributed by atoms with Crippen LogP contribution >= 0.6 is 0 Å². The predicted molar refractivity (Wildman–Crippen MR) is 65.0 cm³/mol. The number of alkyl halides is 3. The van der Waals surface area contributed by atoms with Gasteiger partial charge in [0.25, 0.3) is 5.91 Å². The van der Waals surface area contributed by atoms with Gasteiger partial charge in [-0.2, -0.15) is 13.2 Å². The highest BCUT2D eigenvalue weighted by molar-refractivity contribution is 5.98. The zero-order chi connectivity index (χ0) is 14.9. The molecule has 2 rings (SSSR count). The van der Waals surface area contributed by atoms with Gasteiger partial charge in [0.2, 0.25) is 5.91 Å². The highest BCUT2D eigenvalue weighted by Gasteiger charge is 2.33. The van der Waals surface area contributed by atoms with Crippen molar-refractivity contribution in [1.29, 1.82) is 0 Å². The summed E-state index contributed by atoms with van der Waals surface area (Å²) in [4.78, 5) is 25.0. The Morgan fingerprint density at radius 1 is 1.40 bits per heavy atom. The minimum atomic E-state index is -4.50. The van der Waals surface area contributed by atoms with Gasteiger partial charge in [-0.3, -0.25) is 9.59 Å². The number of carbonyl (C=O) groups is 2. The van der Waals surface area contributed by atoms with Gasteiger partial charge in [-0.1, -0.05) is 6.07 Å². The van der Waals surface area contributed by atoms with Crippen LogP contribution < -0.4 is 5.32 Å². The molecule has 1 saturated heterocycles. The van der Waals surface area contributed by atoms with E-state index in [1.807, 2.05) is 0 Å². The molecular formula is C13H13F3N2O2. The number of benzene rings is 1. The minimum absolute atomic E-state index is 0.0682. The van der Waals surface area contributed by atoms with Crippen molar-refractivity contribution < 1.29 is 22.8 Å². The van der Waals surface area contributed by atoms with E-state index < -0.39 is 23.7 Å². The van der Waals surface area contributed by atoms with Gasteiger partial charge in [-0.05, 0) is 25.1 Å². The first-order chi connectivity index (χ1) is 9.30. The minimum Gasteiger partial charge on any atom is -0.353 e. The summed E-state index contributed by atoms with van der Waals surface area (Å²) < 4.78 is 37.9. The highest BCUT2D eigenvalue weighted by Crippen LogP contribution is 2.29. The molecule has 4 nitrogen and oxygen atoms in total. The fraction of sp³-hybridized carbons (Fsp3) is 0.385. The Morgan fingerprint density at radius 2 is 2.10 bits per heavy atom. The topological polar surface area (TPSA) is 49.4 Å². The number of hydrogen-bond donors (Lipinski definition) is 1. The second-order valence-corrected chi connectivity index (χ2v) is 4.54. The lowest BCUT2D eigenvalue weighted by Crippen LogP contribution is -2.55.